The lowest BCUT2D eigenvalue weighted by Gasteiger charge is -2.38. The summed E-state index contributed by atoms with van der Waals surface area (Å²) in [6, 6.07) is 0. The summed E-state index contributed by atoms with van der Waals surface area (Å²) in [5.74, 6) is 0. The first-order valence-electron chi connectivity index (χ1n) is 8.70. The van der Waals surface area contributed by atoms with Gasteiger partial charge < -0.3 is 11.1 Å². The molecule has 2 unspecified atom stereocenters. The van der Waals surface area contributed by atoms with E-state index in [0.717, 1.165) is 12.2 Å². The molecule has 0 amide bonds. The van der Waals surface area contributed by atoms with Gasteiger partial charge >= 0.3 is 0 Å². The maximum absolute atomic E-state index is 5.93. The lowest BCUT2D eigenvalue weighted by Crippen LogP contribution is -2.51. The van der Waals surface area contributed by atoms with Gasteiger partial charge in [-0.25, -0.2) is 0 Å². The number of nitrogens with one attached hydrogen (secondary N) is 1. The Kier molecular flexibility index (Phi) is 9.34. The smallest absolute Gasteiger partial charge is 0.0566 e. The highest BCUT2D eigenvalue weighted by Crippen LogP contribution is 2.31. The summed E-state index contributed by atoms with van der Waals surface area (Å²) >= 11 is 3.83. The van der Waals surface area contributed by atoms with Gasteiger partial charge in [-0.1, -0.05) is 80.8 Å². The molecule has 0 fully saturated rings. The second-order valence-electron chi connectivity index (χ2n) is 6.24. The average Bonchev–Trinajstić information content (AvgIpc) is 2.47. The fourth-order valence-corrected chi connectivity index (χ4v) is 3.74. The number of rotatable bonds is 11. The molecule has 0 aliphatic heterocycles. The van der Waals surface area contributed by atoms with Gasteiger partial charge in [-0.15, -0.1) is 0 Å². The van der Waals surface area contributed by atoms with Crippen LogP contribution < -0.4 is 11.1 Å². The lowest BCUT2D eigenvalue weighted by atomic mass is 9.84. The van der Waals surface area contributed by atoms with Crippen molar-refractivity contribution in [1.82, 2.24) is 5.32 Å². The van der Waals surface area contributed by atoms with Crippen molar-refractivity contribution in [2.24, 2.45) is 5.73 Å². The Morgan fingerprint density at radius 2 is 1.76 bits per heavy atom. The molecule has 2 nitrogen and oxygen atoms in total. The number of nitrogens with two attached hydrogens (primary N) is 1. The number of unbranched alkanes of at least 4 members (excludes halogenated alkanes) is 6. The molecular formula is C18H33BrN2. The lowest BCUT2D eigenvalue weighted by molar-refractivity contribution is 0.364. The maximum Gasteiger partial charge on any atom is 0.0566 e. The van der Waals surface area contributed by atoms with Crippen LogP contribution in [0.4, 0.5) is 0 Å². The third-order valence-electron chi connectivity index (χ3n) is 4.33. The Morgan fingerprint density at radius 3 is 2.38 bits per heavy atom. The third-order valence-corrected chi connectivity index (χ3v) is 5.41. The van der Waals surface area contributed by atoms with Crippen molar-refractivity contribution >= 4 is 15.9 Å². The Hall–Kier alpha value is -0.280. The molecule has 3 N–H and O–H groups in total. The van der Waals surface area contributed by atoms with Crippen molar-refractivity contribution in [2.45, 2.75) is 82.0 Å². The molecule has 0 spiro atoms. The molecule has 2 atom stereocenters. The fraction of sp³-hybridized carbons (Fsp3) is 0.778. The first-order chi connectivity index (χ1) is 10.1. The molecule has 21 heavy (non-hydrogen) atoms. The van der Waals surface area contributed by atoms with Crippen LogP contribution in [-0.2, 0) is 0 Å². The molecule has 0 aromatic heterocycles. The van der Waals surface area contributed by atoms with Crippen LogP contribution in [-0.4, -0.2) is 16.9 Å². The van der Waals surface area contributed by atoms with Gasteiger partial charge in [0.25, 0.3) is 0 Å². The summed E-state index contributed by atoms with van der Waals surface area (Å²) < 4.78 is 0. The Labute approximate surface area is 139 Å². The van der Waals surface area contributed by atoms with Crippen molar-refractivity contribution in [1.29, 1.82) is 0 Å². The molecule has 3 heteroatoms. The molecule has 1 aliphatic carbocycles. The molecule has 0 saturated carbocycles. The van der Waals surface area contributed by atoms with E-state index in [4.69, 9.17) is 5.73 Å². The summed E-state index contributed by atoms with van der Waals surface area (Å²) in [7, 11) is 0. The topological polar surface area (TPSA) is 38.0 Å². The van der Waals surface area contributed by atoms with Crippen LogP contribution in [0.25, 0.3) is 0 Å². The number of hydrogen-bond acceptors (Lipinski definition) is 2. The standard InChI is InChI=1S/C18H33BrN2/c1-3-5-7-9-12-18(21-14-10-8-6-4-2)13-11-16(20)15-17(18)19/h11,13,15,17,21H,3-10,12,14,20H2,1-2H3. The Bertz CT molecular complexity index is 338. The van der Waals surface area contributed by atoms with E-state index < -0.39 is 0 Å². The summed E-state index contributed by atoms with van der Waals surface area (Å²) in [6.07, 6.45) is 18.1. The van der Waals surface area contributed by atoms with Crippen molar-refractivity contribution < 1.29 is 0 Å². The predicted molar refractivity (Wildman–Crippen MR) is 97.8 cm³/mol. The first kappa shape index (κ1) is 18.8. The van der Waals surface area contributed by atoms with E-state index in [-0.39, 0.29) is 5.54 Å². The van der Waals surface area contributed by atoms with E-state index in [1.807, 2.05) is 0 Å². The minimum Gasteiger partial charge on any atom is -0.399 e. The summed E-state index contributed by atoms with van der Waals surface area (Å²) in [6.45, 7) is 5.61. The van der Waals surface area contributed by atoms with E-state index in [9.17, 15) is 0 Å². The van der Waals surface area contributed by atoms with Crippen LogP contribution in [0.15, 0.2) is 23.9 Å². The third kappa shape index (κ3) is 6.56. The molecular weight excluding hydrogens is 324 g/mol. The molecule has 0 aromatic carbocycles. The average molecular weight is 357 g/mol. The minimum atomic E-state index is 0.0445. The summed E-state index contributed by atoms with van der Waals surface area (Å²) in [4.78, 5) is 0.294. The summed E-state index contributed by atoms with van der Waals surface area (Å²) in [5, 5.41) is 3.81. The van der Waals surface area contributed by atoms with Crippen LogP contribution in [0.3, 0.4) is 0 Å². The van der Waals surface area contributed by atoms with Crippen molar-refractivity contribution in [3.8, 4) is 0 Å². The van der Waals surface area contributed by atoms with Gasteiger partial charge in [0.15, 0.2) is 0 Å². The molecule has 122 valence electrons. The van der Waals surface area contributed by atoms with Gasteiger partial charge in [-0.2, -0.15) is 0 Å². The van der Waals surface area contributed by atoms with Gasteiger partial charge in [-0.3, -0.25) is 0 Å². The van der Waals surface area contributed by atoms with E-state index >= 15 is 0 Å². The molecule has 0 saturated heterocycles. The van der Waals surface area contributed by atoms with Crippen LogP contribution in [0.2, 0.25) is 0 Å². The van der Waals surface area contributed by atoms with Crippen LogP contribution in [0, 0.1) is 0 Å². The zero-order valence-corrected chi connectivity index (χ0v) is 15.4. The molecule has 0 radical (unpaired) electrons. The number of halogens is 1. The fourth-order valence-electron chi connectivity index (χ4n) is 2.89. The van der Waals surface area contributed by atoms with E-state index in [0.29, 0.717) is 4.83 Å². The molecule has 0 heterocycles. The molecule has 1 aliphatic rings. The second kappa shape index (κ2) is 10.4. The summed E-state index contributed by atoms with van der Waals surface area (Å²) in [5.41, 5.74) is 6.85. The number of allylic oxidation sites excluding steroid dienone is 1. The minimum absolute atomic E-state index is 0.0445. The molecule has 0 bridgehead atoms. The highest BCUT2D eigenvalue weighted by Gasteiger charge is 2.34. The van der Waals surface area contributed by atoms with Gasteiger partial charge in [0.05, 0.1) is 10.4 Å². The normalized spacial score (nSPS) is 25.1. The largest absolute Gasteiger partial charge is 0.399 e. The van der Waals surface area contributed by atoms with E-state index in [2.05, 4.69) is 53.3 Å². The second-order valence-corrected chi connectivity index (χ2v) is 7.23. The van der Waals surface area contributed by atoms with Crippen molar-refractivity contribution in [2.75, 3.05) is 6.54 Å². The quantitative estimate of drug-likeness (QED) is 0.401. The monoisotopic (exact) mass is 356 g/mol. The van der Waals surface area contributed by atoms with Crippen LogP contribution in [0.1, 0.15) is 71.6 Å². The van der Waals surface area contributed by atoms with Crippen molar-refractivity contribution in [3.05, 3.63) is 23.9 Å². The van der Waals surface area contributed by atoms with Gasteiger partial charge in [0.2, 0.25) is 0 Å². The predicted octanol–water partition coefficient (Wildman–Crippen LogP) is 5.04. The highest BCUT2D eigenvalue weighted by atomic mass is 79.9. The van der Waals surface area contributed by atoms with Crippen LogP contribution >= 0.6 is 15.9 Å². The maximum atomic E-state index is 5.93. The Morgan fingerprint density at radius 1 is 1.10 bits per heavy atom. The van der Waals surface area contributed by atoms with Crippen LogP contribution in [0.5, 0.6) is 0 Å². The van der Waals surface area contributed by atoms with Gasteiger partial charge in [-0.05, 0) is 31.5 Å². The number of alkyl halides is 1. The van der Waals surface area contributed by atoms with Gasteiger partial charge in [0.1, 0.15) is 0 Å². The number of hydrogen-bond donors (Lipinski definition) is 2. The SMILES string of the molecule is CCCCCCNC1(CCCCCC)C=CC(N)=CC1Br. The molecule has 0 aromatic rings. The Balaban J connectivity index is 2.52. The molecule has 1 rings (SSSR count). The van der Waals surface area contributed by atoms with Crippen molar-refractivity contribution in [3.63, 3.8) is 0 Å². The zero-order valence-electron chi connectivity index (χ0n) is 13.8. The first-order valence-corrected chi connectivity index (χ1v) is 9.62. The van der Waals surface area contributed by atoms with E-state index in [1.165, 1.54) is 57.8 Å². The van der Waals surface area contributed by atoms with Gasteiger partial charge in [0, 0.05) is 5.70 Å². The van der Waals surface area contributed by atoms with E-state index in [1.54, 1.807) is 0 Å². The zero-order chi connectivity index (χ0) is 15.6. The highest BCUT2D eigenvalue weighted by molar-refractivity contribution is 9.09.